The molecule has 1 aliphatic rings. The van der Waals surface area contributed by atoms with Gasteiger partial charge in [0, 0.05) is 29.6 Å². The second kappa shape index (κ2) is 6.95. The lowest BCUT2D eigenvalue weighted by molar-refractivity contribution is 0.101. The van der Waals surface area contributed by atoms with Crippen LogP contribution in [0.4, 0.5) is 5.69 Å². The Balaban J connectivity index is 1.53. The van der Waals surface area contributed by atoms with Crippen molar-refractivity contribution >= 4 is 17.4 Å². The molecule has 0 bridgehead atoms. The van der Waals surface area contributed by atoms with Gasteiger partial charge in [0.05, 0.1) is 12.2 Å². The number of ether oxygens (including phenoxy) is 2. The van der Waals surface area contributed by atoms with Gasteiger partial charge in [-0.2, -0.15) is 5.10 Å². The van der Waals surface area contributed by atoms with Crippen molar-refractivity contribution in [3.8, 4) is 11.5 Å². The van der Waals surface area contributed by atoms with Gasteiger partial charge < -0.3 is 14.8 Å². The maximum Gasteiger partial charge on any atom is 0.255 e. The van der Waals surface area contributed by atoms with E-state index in [4.69, 9.17) is 9.47 Å². The molecule has 0 aliphatic carbocycles. The molecule has 3 aromatic rings. The molecular formula is C20H17N3O4. The number of amides is 1. The van der Waals surface area contributed by atoms with Crippen molar-refractivity contribution in [1.82, 2.24) is 9.78 Å². The molecule has 1 aliphatic heterocycles. The molecule has 7 nitrogen and oxygen atoms in total. The van der Waals surface area contributed by atoms with Crippen molar-refractivity contribution in [1.29, 1.82) is 0 Å². The third kappa shape index (κ3) is 3.52. The van der Waals surface area contributed by atoms with E-state index in [1.807, 2.05) is 24.4 Å². The number of hydrogen-bond acceptors (Lipinski definition) is 5. The van der Waals surface area contributed by atoms with Crippen LogP contribution in [0.5, 0.6) is 11.5 Å². The molecule has 2 heterocycles. The zero-order valence-electron chi connectivity index (χ0n) is 14.6. The van der Waals surface area contributed by atoms with Crippen LogP contribution in [0.15, 0.2) is 54.9 Å². The van der Waals surface area contributed by atoms with E-state index in [-0.39, 0.29) is 18.5 Å². The average molecular weight is 363 g/mol. The monoisotopic (exact) mass is 363 g/mol. The van der Waals surface area contributed by atoms with Crippen molar-refractivity contribution in [3.63, 3.8) is 0 Å². The number of ketones is 1. The Bertz CT molecular complexity index is 995. The number of anilines is 1. The Morgan fingerprint density at radius 1 is 1.15 bits per heavy atom. The van der Waals surface area contributed by atoms with Gasteiger partial charge in [-0.25, -0.2) is 0 Å². The summed E-state index contributed by atoms with van der Waals surface area (Å²) in [5.41, 5.74) is 2.30. The molecule has 136 valence electrons. The van der Waals surface area contributed by atoms with Crippen molar-refractivity contribution in [2.45, 2.75) is 13.5 Å². The molecule has 1 aromatic heterocycles. The highest BCUT2D eigenvalue weighted by atomic mass is 16.7. The van der Waals surface area contributed by atoms with Gasteiger partial charge in [-0.3, -0.25) is 14.3 Å². The predicted molar refractivity (Wildman–Crippen MR) is 98.3 cm³/mol. The van der Waals surface area contributed by atoms with E-state index in [0.717, 1.165) is 5.56 Å². The standard InChI is InChI=1S/C20H17N3O4/c1-13(24)16-9-18-19(27-12-26-18)10-17(16)22-20(25)15-5-3-14(4-6-15)11-23-8-2-7-21-23/h2-10H,11-12H2,1H3,(H,22,25). The van der Waals surface area contributed by atoms with Crippen molar-refractivity contribution in [2.75, 3.05) is 12.1 Å². The number of rotatable bonds is 5. The first-order chi connectivity index (χ1) is 13.1. The normalized spacial score (nSPS) is 12.0. The third-order valence-corrected chi connectivity index (χ3v) is 4.26. The van der Waals surface area contributed by atoms with Gasteiger partial charge in [-0.1, -0.05) is 12.1 Å². The summed E-state index contributed by atoms with van der Waals surface area (Å²) in [7, 11) is 0. The minimum atomic E-state index is -0.304. The topological polar surface area (TPSA) is 82.5 Å². The average Bonchev–Trinajstić information content (AvgIpc) is 3.32. The van der Waals surface area contributed by atoms with Gasteiger partial charge in [0.15, 0.2) is 17.3 Å². The van der Waals surface area contributed by atoms with E-state index in [1.54, 1.807) is 35.1 Å². The van der Waals surface area contributed by atoms with E-state index in [9.17, 15) is 9.59 Å². The molecule has 1 N–H and O–H groups in total. The Kier molecular flexibility index (Phi) is 4.33. The lowest BCUT2D eigenvalue weighted by Crippen LogP contribution is -2.14. The molecule has 0 spiro atoms. The first kappa shape index (κ1) is 16.8. The van der Waals surface area contributed by atoms with Crippen LogP contribution in [0.2, 0.25) is 0 Å². The maximum atomic E-state index is 12.6. The Morgan fingerprint density at radius 2 is 1.89 bits per heavy atom. The van der Waals surface area contributed by atoms with Crippen molar-refractivity contribution in [3.05, 3.63) is 71.5 Å². The number of aromatic nitrogens is 2. The second-order valence-corrected chi connectivity index (χ2v) is 6.16. The third-order valence-electron chi connectivity index (χ3n) is 4.26. The number of nitrogens with one attached hydrogen (secondary N) is 1. The Hall–Kier alpha value is -3.61. The smallest absolute Gasteiger partial charge is 0.255 e. The fourth-order valence-electron chi connectivity index (χ4n) is 2.87. The van der Waals surface area contributed by atoms with Crippen LogP contribution in [0.25, 0.3) is 0 Å². The fraction of sp³-hybridized carbons (Fsp3) is 0.150. The van der Waals surface area contributed by atoms with Crippen LogP contribution < -0.4 is 14.8 Å². The number of carbonyl (C=O) groups is 2. The number of benzene rings is 2. The highest BCUT2D eigenvalue weighted by Crippen LogP contribution is 2.37. The lowest BCUT2D eigenvalue weighted by atomic mass is 10.1. The summed E-state index contributed by atoms with van der Waals surface area (Å²) in [5.74, 6) is 0.534. The van der Waals surface area contributed by atoms with Gasteiger partial charge >= 0.3 is 0 Å². The number of Topliss-reactive ketones (excluding diaryl/α,β-unsaturated/α-hetero) is 1. The number of nitrogens with zero attached hydrogens (tertiary/aromatic N) is 2. The van der Waals surface area contributed by atoms with Crippen LogP contribution in [-0.2, 0) is 6.54 Å². The predicted octanol–water partition coefficient (Wildman–Crippen LogP) is 3.12. The van der Waals surface area contributed by atoms with E-state index in [0.29, 0.717) is 34.9 Å². The number of fused-ring (bicyclic) bond motifs is 1. The van der Waals surface area contributed by atoms with Gasteiger partial charge in [-0.05, 0) is 36.8 Å². The number of hydrogen-bond donors (Lipinski definition) is 1. The van der Waals surface area contributed by atoms with Crippen LogP contribution in [0, 0.1) is 0 Å². The molecule has 0 fully saturated rings. The second-order valence-electron chi connectivity index (χ2n) is 6.16. The van der Waals surface area contributed by atoms with Crippen molar-refractivity contribution in [2.24, 2.45) is 0 Å². The molecular weight excluding hydrogens is 346 g/mol. The van der Waals surface area contributed by atoms with Gasteiger partial charge in [0.2, 0.25) is 6.79 Å². The van der Waals surface area contributed by atoms with Gasteiger partial charge in [0.25, 0.3) is 5.91 Å². The van der Waals surface area contributed by atoms with E-state index in [1.165, 1.54) is 6.92 Å². The zero-order chi connectivity index (χ0) is 18.8. The summed E-state index contributed by atoms with van der Waals surface area (Å²) in [5, 5.41) is 6.95. The van der Waals surface area contributed by atoms with E-state index < -0.39 is 0 Å². The SMILES string of the molecule is CC(=O)c1cc2c(cc1NC(=O)c1ccc(Cn3cccn3)cc1)OCO2. The summed E-state index contributed by atoms with van der Waals surface area (Å²) < 4.78 is 12.4. The van der Waals surface area contributed by atoms with E-state index >= 15 is 0 Å². The van der Waals surface area contributed by atoms with Crippen LogP contribution >= 0.6 is 0 Å². The summed E-state index contributed by atoms with van der Waals surface area (Å²) in [6.07, 6.45) is 3.60. The molecule has 0 saturated carbocycles. The summed E-state index contributed by atoms with van der Waals surface area (Å²) in [4.78, 5) is 24.5. The highest BCUT2D eigenvalue weighted by molar-refractivity contribution is 6.09. The van der Waals surface area contributed by atoms with Crippen molar-refractivity contribution < 1.29 is 19.1 Å². The molecule has 0 unspecified atom stereocenters. The minimum Gasteiger partial charge on any atom is -0.454 e. The zero-order valence-corrected chi connectivity index (χ0v) is 14.6. The van der Waals surface area contributed by atoms with E-state index in [2.05, 4.69) is 10.4 Å². The molecule has 0 radical (unpaired) electrons. The molecule has 0 atom stereocenters. The summed E-state index contributed by atoms with van der Waals surface area (Å²) in [6.45, 7) is 2.17. The molecule has 7 heteroatoms. The number of carbonyl (C=O) groups excluding carboxylic acids is 2. The summed E-state index contributed by atoms with van der Waals surface area (Å²) in [6, 6.07) is 12.3. The molecule has 1 amide bonds. The van der Waals surface area contributed by atoms with Crippen LogP contribution in [0.1, 0.15) is 33.2 Å². The quantitative estimate of drug-likeness (QED) is 0.704. The molecule has 4 rings (SSSR count). The molecule has 2 aromatic carbocycles. The minimum absolute atomic E-state index is 0.0990. The first-order valence-corrected chi connectivity index (χ1v) is 8.42. The fourth-order valence-corrected chi connectivity index (χ4v) is 2.87. The summed E-state index contributed by atoms with van der Waals surface area (Å²) >= 11 is 0. The Morgan fingerprint density at radius 3 is 2.56 bits per heavy atom. The first-order valence-electron chi connectivity index (χ1n) is 8.42. The van der Waals surface area contributed by atoms with Crippen LogP contribution in [0.3, 0.4) is 0 Å². The molecule has 27 heavy (non-hydrogen) atoms. The highest BCUT2D eigenvalue weighted by Gasteiger charge is 2.20. The largest absolute Gasteiger partial charge is 0.454 e. The Labute approximate surface area is 155 Å². The molecule has 0 saturated heterocycles. The maximum absolute atomic E-state index is 12.6. The van der Waals surface area contributed by atoms with Gasteiger partial charge in [-0.15, -0.1) is 0 Å². The lowest BCUT2D eigenvalue weighted by Gasteiger charge is -2.11. The van der Waals surface area contributed by atoms with Gasteiger partial charge in [0.1, 0.15) is 0 Å². The van der Waals surface area contributed by atoms with Crippen LogP contribution in [-0.4, -0.2) is 28.3 Å².